The zero-order chi connectivity index (χ0) is 12.7. The number of pyridine rings is 1. The van der Waals surface area contributed by atoms with Gasteiger partial charge in [0.05, 0.1) is 18.5 Å². The molecule has 1 rings (SSSR count). The molecule has 0 saturated carbocycles. The van der Waals surface area contributed by atoms with E-state index in [1.54, 1.807) is 6.07 Å². The fourth-order valence-corrected chi connectivity index (χ4v) is 1.21. The van der Waals surface area contributed by atoms with Crippen LogP contribution in [0.3, 0.4) is 0 Å². The van der Waals surface area contributed by atoms with Crippen molar-refractivity contribution in [3.8, 4) is 0 Å². The van der Waals surface area contributed by atoms with Gasteiger partial charge in [0, 0.05) is 13.2 Å². The van der Waals surface area contributed by atoms with Crippen LogP contribution in [-0.2, 0) is 4.74 Å². The Morgan fingerprint density at radius 3 is 2.82 bits per heavy atom. The van der Waals surface area contributed by atoms with E-state index in [9.17, 15) is 4.79 Å². The molecule has 1 aromatic rings. The predicted octanol–water partition coefficient (Wildman–Crippen LogP) is 1.86. The van der Waals surface area contributed by atoms with Crippen LogP contribution in [0.4, 0.5) is 5.69 Å². The van der Waals surface area contributed by atoms with Crippen molar-refractivity contribution in [3.05, 3.63) is 24.0 Å². The fourth-order valence-electron chi connectivity index (χ4n) is 1.21. The van der Waals surface area contributed by atoms with Crippen molar-refractivity contribution in [2.75, 3.05) is 25.1 Å². The van der Waals surface area contributed by atoms with Crippen LogP contribution < -0.4 is 5.32 Å². The molecule has 0 aromatic carbocycles. The Labute approximate surface area is 101 Å². The smallest absolute Gasteiger partial charge is 0.354 e. The van der Waals surface area contributed by atoms with Crippen LogP contribution in [0.25, 0.3) is 0 Å². The third kappa shape index (κ3) is 5.31. The molecule has 0 radical (unpaired) electrons. The number of hydrogen-bond donors (Lipinski definition) is 2. The first-order valence-corrected chi connectivity index (χ1v) is 5.60. The molecule has 0 aliphatic heterocycles. The number of rotatable bonds is 7. The van der Waals surface area contributed by atoms with Gasteiger partial charge in [0.25, 0.3) is 0 Å². The molecular weight excluding hydrogens is 220 g/mol. The molecule has 0 amide bonds. The molecule has 5 heteroatoms. The lowest BCUT2D eigenvalue weighted by Gasteiger charge is -2.08. The van der Waals surface area contributed by atoms with Gasteiger partial charge in [-0.1, -0.05) is 13.8 Å². The van der Waals surface area contributed by atoms with Crippen LogP contribution in [0.5, 0.6) is 0 Å². The lowest BCUT2D eigenvalue weighted by Crippen LogP contribution is -2.12. The summed E-state index contributed by atoms with van der Waals surface area (Å²) in [4.78, 5) is 14.4. The number of aromatic nitrogens is 1. The van der Waals surface area contributed by atoms with E-state index in [-0.39, 0.29) is 5.69 Å². The van der Waals surface area contributed by atoms with Gasteiger partial charge in [-0.3, -0.25) is 0 Å². The normalized spacial score (nSPS) is 10.5. The van der Waals surface area contributed by atoms with E-state index in [0.29, 0.717) is 19.1 Å². The number of nitrogens with one attached hydrogen (secondary N) is 1. The molecule has 0 aliphatic rings. The van der Waals surface area contributed by atoms with Crippen molar-refractivity contribution in [1.29, 1.82) is 0 Å². The lowest BCUT2D eigenvalue weighted by atomic mass is 10.2. The first-order chi connectivity index (χ1) is 8.09. The second kappa shape index (κ2) is 6.85. The molecule has 0 saturated heterocycles. The summed E-state index contributed by atoms with van der Waals surface area (Å²) in [6.07, 6.45) is 1.51. The molecule has 5 nitrogen and oxygen atoms in total. The third-order valence-corrected chi connectivity index (χ3v) is 2.01. The fraction of sp³-hybridized carbons (Fsp3) is 0.500. The molecular formula is C12H18N2O3. The summed E-state index contributed by atoms with van der Waals surface area (Å²) in [6.45, 7) is 6.25. The second-order valence-electron chi connectivity index (χ2n) is 4.13. The Balaban J connectivity index is 2.25. The average Bonchev–Trinajstić information content (AvgIpc) is 2.29. The van der Waals surface area contributed by atoms with Gasteiger partial charge in [-0.25, -0.2) is 9.78 Å². The number of carboxylic acids is 1. The SMILES string of the molecule is CC(C)COCCNc1ccc(C(=O)O)nc1. The van der Waals surface area contributed by atoms with E-state index >= 15 is 0 Å². The molecule has 2 N–H and O–H groups in total. The molecule has 17 heavy (non-hydrogen) atoms. The molecule has 0 aliphatic carbocycles. The van der Waals surface area contributed by atoms with Crippen LogP contribution >= 0.6 is 0 Å². The maximum Gasteiger partial charge on any atom is 0.354 e. The number of ether oxygens (including phenoxy) is 1. The highest BCUT2D eigenvalue weighted by Crippen LogP contribution is 2.05. The molecule has 0 bridgehead atoms. The predicted molar refractivity (Wildman–Crippen MR) is 65.3 cm³/mol. The first kappa shape index (κ1) is 13.4. The minimum absolute atomic E-state index is 0.0478. The second-order valence-corrected chi connectivity index (χ2v) is 4.13. The summed E-state index contributed by atoms with van der Waals surface area (Å²) in [7, 11) is 0. The van der Waals surface area contributed by atoms with Crippen molar-refractivity contribution in [2.24, 2.45) is 5.92 Å². The van der Waals surface area contributed by atoms with Gasteiger partial charge in [0.2, 0.25) is 0 Å². The third-order valence-electron chi connectivity index (χ3n) is 2.01. The van der Waals surface area contributed by atoms with Crippen LogP contribution in [0, 0.1) is 5.92 Å². The Morgan fingerprint density at radius 1 is 1.53 bits per heavy atom. The standard InChI is InChI=1S/C12H18N2O3/c1-9(2)8-17-6-5-13-10-3-4-11(12(15)16)14-7-10/h3-4,7,9,13H,5-6,8H2,1-2H3,(H,15,16). The van der Waals surface area contributed by atoms with Crippen molar-refractivity contribution >= 4 is 11.7 Å². The summed E-state index contributed by atoms with van der Waals surface area (Å²) in [5, 5.41) is 11.8. The van der Waals surface area contributed by atoms with Gasteiger partial charge < -0.3 is 15.2 Å². The van der Waals surface area contributed by atoms with Crippen molar-refractivity contribution in [1.82, 2.24) is 4.98 Å². The largest absolute Gasteiger partial charge is 0.477 e. The molecule has 0 spiro atoms. The Hall–Kier alpha value is -1.62. The summed E-state index contributed by atoms with van der Waals surface area (Å²) >= 11 is 0. The summed E-state index contributed by atoms with van der Waals surface area (Å²) in [5.41, 5.74) is 0.842. The number of nitrogens with zero attached hydrogens (tertiary/aromatic N) is 1. The van der Waals surface area contributed by atoms with E-state index < -0.39 is 5.97 Å². The minimum atomic E-state index is -1.02. The van der Waals surface area contributed by atoms with E-state index in [0.717, 1.165) is 12.3 Å². The highest BCUT2D eigenvalue weighted by molar-refractivity contribution is 5.85. The number of anilines is 1. The van der Waals surface area contributed by atoms with Crippen LogP contribution in [-0.4, -0.2) is 35.8 Å². The molecule has 1 aromatic heterocycles. The van der Waals surface area contributed by atoms with E-state index in [1.807, 2.05) is 0 Å². The topological polar surface area (TPSA) is 71.5 Å². The lowest BCUT2D eigenvalue weighted by molar-refractivity contribution is 0.0690. The first-order valence-electron chi connectivity index (χ1n) is 5.60. The van der Waals surface area contributed by atoms with Crippen LogP contribution in [0.2, 0.25) is 0 Å². The minimum Gasteiger partial charge on any atom is -0.477 e. The quantitative estimate of drug-likeness (QED) is 0.709. The van der Waals surface area contributed by atoms with Crippen molar-refractivity contribution in [2.45, 2.75) is 13.8 Å². The van der Waals surface area contributed by atoms with Gasteiger partial charge in [0.15, 0.2) is 0 Å². The summed E-state index contributed by atoms with van der Waals surface area (Å²) in [5.74, 6) is -0.483. The van der Waals surface area contributed by atoms with E-state index in [2.05, 4.69) is 24.1 Å². The Bertz CT molecular complexity index is 349. The molecule has 94 valence electrons. The van der Waals surface area contributed by atoms with Crippen molar-refractivity contribution < 1.29 is 14.6 Å². The Kier molecular flexibility index (Phi) is 5.42. The maximum atomic E-state index is 10.6. The number of hydrogen-bond acceptors (Lipinski definition) is 4. The zero-order valence-electron chi connectivity index (χ0n) is 10.1. The molecule has 1 heterocycles. The van der Waals surface area contributed by atoms with Crippen molar-refractivity contribution in [3.63, 3.8) is 0 Å². The van der Waals surface area contributed by atoms with E-state index in [1.165, 1.54) is 12.3 Å². The number of carbonyl (C=O) groups is 1. The monoisotopic (exact) mass is 238 g/mol. The highest BCUT2D eigenvalue weighted by Gasteiger charge is 2.02. The average molecular weight is 238 g/mol. The maximum absolute atomic E-state index is 10.6. The molecule has 0 fully saturated rings. The van der Waals surface area contributed by atoms with Gasteiger partial charge in [-0.15, -0.1) is 0 Å². The summed E-state index contributed by atoms with van der Waals surface area (Å²) < 4.78 is 5.40. The molecule has 0 atom stereocenters. The van der Waals surface area contributed by atoms with Crippen LogP contribution in [0.15, 0.2) is 18.3 Å². The van der Waals surface area contributed by atoms with Crippen LogP contribution in [0.1, 0.15) is 24.3 Å². The Morgan fingerprint density at radius 2 is 2.29 bits per heavy atom. The number of carboxylic acid groups (broad SMARTS) is 1. The van der Waals surface area contributed by atoms with Gasteiger partial charge in [-0.05, 0) is 18.1 Å². The summed E-state index contributed by atoms with van der Waals surface area (Å²) in [6, 6.07) is 3.17. The molecule has 0 unspecified atom stereocenters. The number of aromatic carboxylic acids is 1. The zero-order valence-corrected chi connectivity index (χ0v) is 10.1. The van der Waals surface area contributed by atoms with Gasteiger partial charge >= 0.3 is 5.97 Å². The van der Waals surface area contributed by atoms with E-state index in [4.69, 9.17) is 9.84 Å². The highest BCUT2D eigenvalue weighted by atomic mass is 16.5. The van der Waals surface area contributed by atoms with Gasteiger partial charge in [-0.2, -0.15) is 0 Å². The van der Waals surface area contributed by atoms with Gasteiger partial charge in [0.1, 0.15) is 5.69 Å².